The number of amides is 3. The summed E-state index contributed by atoms with van der Waals surface area (Å²) in [5.74, 6) is -0.578. The van der Waals surface area contributed by atoms with E-state index in [9.17, 15) is 14.0 Å². The Morgan fingerprint density at radius 1 is 1.07 bits per heavy atom. The fourth-order valence-electron chi connectivity index (χ4n) is 3.47. The average Bonchev–Trinajstić information content (AvgIpc) is 2.73. The van der Waals surface area contributed by atoms with Gasteiger partial charge in [0, 0.05) is 31.2 Å². The van der Waals surface area contributed by atoms with Crippen molar-refractivity contribution in [2.45, 2.75) is 38.8 Å². The molecule has 1 aliphatic heterocycles. The summed E-state index contributed by atoms with van der Waals surface area (Å²) < 4.78 is 13.3. The van der Waals surface area contributed by atoms with Crippen LogP contribution in [0.4, 0.5) is 9.18 Å². The highest BCUT2D eigenvalue weighted by atomic mass is 19.1. The third-order valence-corrected chi connectivity index (χ3v) is 5.04. The number of nitrogens with zero attached hydrogens (tertiary/aromatic N) is 2. The van der Waals surface area contributed by atoms with Gasteiger partial charge in [-0.25, -0.2) is 9.18 Å². The molecule has 2 heterocycles. The van der Waals surface area contributed by atoms with Crippen LogP contribution in [-0.4, -0.2) is 41.0 Å². The molecule has 29 heavy (non-hydrogen) atoms. The van der Waals surface area contributed by atoms with Gasteiger partial charge in [-0.15, -0.1) is 0 Å². The van der Waals surface area contributed by atoms with Crippen molar-refractivity contribution in [3.8, 4) is 0 Å². The number of carbonyl (C=O) groups is 2. The standard InChI is InChI=1S/C22H27FN4O2/c1-15(2)25-22(29)27-13-10-17(11-14-27)21(28)26-20(19-5-3-4-12-24-19)16-6-8-18(23)9-7-16/h3-9,12,15,17,20H,10-11,13-14H2,1-2H3,(H,25,29)(H,26,28). The molecule has 7 heteroatoms. The highest BCUT2D eigenvalue weighted by Gasteiger charge is 2.29. The maximum Gasteiger partial charge on any atom is 0.317 e. The lowest BCUT2D eigenvalue weighted by atomic mass is 9.94. The predicted octanol–water partition coefficient (Wildman–Crippen LogP) is 3.26. The van der Waals surface area contributed by atoms with Crippen molar-refractivity contribution < 1.29 is 14.0 Å². The van der Waals surface area contributed by atoms with E-state index < -0.39 is 6.04 Å². The Kier molecular flexibility index (Phi) is 6.80. The Bertz CT molecular complexity index is 818. The molecule has 0 radical (unpaired) electrons. The molecule has 1 saturated heterocycles. The van der Waals surface area contributed by atoms with Gasteiger partial charge in [0.1, 0.15) is 5.82 Å². The zero-order chi connectivity index (χ0) is 20.8. The number of likely N-dealkylation sites (tertiary alicyclic amines) is 1. The first-order chi connectivity index (χ1) is 13.9. The van der Waals surface area contributed by atoms with E-state index in [0.29, 0.717) is 31.6 Å². The zero-order valence-electron chi connectivity index (χ0n) is 16.8. The average molecular weight is 398 g/mol. The molecule has 1 fully saturated rings. The monoisotopic (exact) mass is 398 g/mol. The second-order valence-corrected chi connectivity index (χ2v) is 7.61. The van der Waals surface area contributed by atoms with Gasteiger partial charge in [0.15, 0.2) is 0 Å². The van der Waals surface area contributed by atoms with E-state index in [1.54, 1.807) is 23.2 Å². The van der Waals surface area contributed by atoms with Gasteiger partial charge in [-0.05, 0) is 56.5 Å². The van der Waals surface area contributed by atoms with E-state index in [1.807, 2.05) is 32.0 Å². The van der Waals surface area contributed by atoms with Crippen LogP contribution in [0.25, 0.3) is 0 Å². The Labute approximate surface area is 170 Å². The number of hydrogen-bond acceptors (Lipinski definition) is 3. The quantitative estimate of drug-likeness (QED) is 0.812. The molecule has 1 aromatic heterocycles. The van der Waals surface area contributed by atoms with E-state index in [-0.39, 0.29) is 29.7 Å². The van der Waals surface area contributed by atoms with Crippen LogP contribution in [0, 0.1) is 11.7 Å². The molecule has 154 valence electrons. The molecular formula is C22H27FN4O2. The Hall–Kier alpha value is -2.96. The lowest BCUT2D eigenvalue weighted by Crippen LogP contribution is -2.48. The van der Waals surface area contributed by atoms with Crippen LogP contribution >= 0.6 is 0 Å². The number of benzene rings is 1. The maximum atomic E-state index is 13.3. The summed E-state index contributed by atoms with van der Waals surface area (Å²) >= 11 is 0. The van der Waals surface area contributed by atoms with Crippen LogP contribution in [0.15, 0.2) is 48.7 Å². The highest BCUT2D eigenvalue weighted by molar-refractivity contribution is 5.80. The van der Waals surface area contributed by atoms with Gasteiger partial charge in [-0.1, -0.05) is 18.2 Å². The fraction of sp³-hybridized carbons (Fsp3) is 0.409. The topological polar surface area (TPSA) is 74.3 Å². The Morgan fingerprint density at radius 2 is 1.76 bits per heavy atom. The van der Waals surface area contributed by atoms with Gasteiger partial charge in [0.05, 0.1) is 11.7 Å². The molecule has 3 rings (SSSR count). The SMILES string of the molecule is CC(C)NC(=O)N1CCC(C(=O)NC(c2ccc(F)cc2)c2ccccn2)CC1. The molecule has 0 bridgehead atoms. The van der Waals surface area contributed by atoms with Crippen LogP contribution in [-0.2, 0) is 4.79 Å². The van der Waals surface area contributed by atoms with E-state index >= 15 is 0 Å². The second-order valence-electron chi connectivity index (χ2n) is 7.61. The third-order valence-electron chi connectivity index (χ3n) is 5.04. The smallest absolute Gasteiger partial charge is 0.317 e. The van der Waals surface area contributed by atoms with Crippen LogP contribution in [0.5, 0.6) is 0 Å². The van der Waals surface area contributed by atoms with Crippen LogP contribution in [0.1, 0.15) is 44.0 Å². The summed E-state index contributed by atoms with van der Waals surface area (Å²) in [7, 11) is 0. The number of urea groups is 1. The molecular weight excluding hydrogens is 371 g/mol. The number of halogens is 1. The summed E-state index contributed by atoms with van der Waals surface area (Å²) in [5.41, 5.74) is 1.47. The molecule has 0 saturated carbocycles. The number of hydrogen-bond donors (Lipinski definition) is 2. The molecule has 0 aliphatic carbocycles. The molecule has 1 atom stereocenters. The fourth-order valence-corrected chi connectivity index (χ4v) is 3.47. The van der Waals surface area contributed by atoms with Crippen molar-refractivity contribution in [2.24, 2.45) is 5.92 Å². The first-order valence-corrected chi connectivity index (χ1v) is 9.96. The third kappa shape index (κ3) is 5.53. The minimum Gasteiger partial charge on any atom is -0.343 e. The minimum atomic E-state index is -0.452. The largest absolute Gasteiger partial charge is 0.343 e. The van der Waals surface area contributed by atoms with E-state index in [4.69, 9.17) is 0 Å². The second kappa shape index (κ2) is 9.49. The van der Waals surface area contributed by atoms with E-state index in [2.05, 4.69) is 15.6 Å². The predicted molar refractivity (Wildman–Crippen MR) is 109 cm³/mol. The number of aromatic nitrogens is 1. The summed E-state index contributed by atoms with van der Waals surface area (Å²) in [6.07, 6.45) is 2.88. The van der Waals surface area contributed by atoms with Crippen LogP contribution in [0.2, 0.25) is 0 Å². The van der Waals surface area contributed by atoms with Gasteiger partial charge >= 0.3 is 6.03 Å². The Balaban J connectivity index is 1.66. The van der Waals surface area contributed by atoms with E-state index in [1.165, 1.54) is 12.1 Å². The first kappa shape index (κ1) is 20.8. The molecule has 1 aromatic carbocycles. The number of pyridine rings is 1. The van der Waals surface area contributed by atoms with Crippen molar-refractivity contribution in [1.29, 1.82) is 0 Å². The minimum absolute atomic E-state index is 0.0751. The van der Waals surface area contributed by atoms with Crippen molar-refractivity contribution in [3.05, 3.63) is 65.7 Å². The Morgan fingerprint density at radius 3 is 2.34 bits per heavy atom. The lowest BCUT2D eigenvalue weighted by Gasteiger charge is -2.32. The molecule has 1 aliphatic rings. The summed E-state index contributed by atoms with van der Waals surface area (Å²) in [6.45, 7) is 4.93. The molecule has 3 amide bonds. The zero-order valence-corrected chi connectivity index (χ0v) is 16.8. The number of rotatable bonds is 5. The lowest BCUT2D eigenvalue weighted by molar-refractivity contribution is -0.126. The number of piperidine rings is 1. The van der Waals surface area contributed by atoms with Gasteiger partial charge in [-0.2, -0.15) is 0 Å². The van der Waals surface area contributed by atoms with Crippen molar-refractivity contribution in [1.82, 2.24) is 20.5 Å². The van der Waals surface area contributed by atoms with Crippen molar-refractivity contribution in [2.75, 3.05) is 13.1 Å². The van der Waals surface area contributed by atoms with Gasteiger partial charge < -0.3 is 15.5 Å². The first-order valence-electron chi connectivity index (χ1n) is 9.96. The molecule has 6 nitrogen and oxygen atoms in total. The van der Waals surface area contributed by atoms with Crippen LogP contribution < -0.4 is 10.6 Å². The van der Waals surface area contributed by atoms with Gasteiger partial charge in [-0.3, -0.25) is 9.78 Å². The summed E-state index contributed by atoms with van der Waals surface area (Å²) in [6, 6.07) is 11.1. The normalized spacial score (nSPS) is 15.8. The maximum absolute atomic E-state index is 13.3. The van der Waals surface area contributed by atoms with Gasteiger partial charge in [0.25, 0.3) is 0 Å². The van der Waals surface area contributed by atoms with Crippen molar-refractivity contribution >= 4 is 11.9 Å². The molecule has 2 aromatic rings. The van der Waals surface area contributed by atoms with Crippen LogP contribution in [0.3, 0.4) is 0 Å². The molecule has 2 N–H and O–H groups in total. The summed E-state index contributed by atoms with van der Waals surface area (Å²) in [4.78, 5) is 31.2. The summed E-state index contributed by atoms with van der Waals surface area (Å²) in [5, 5.41) is 5.96. The number of nitrogens with one attached hydrogen (secondary N) is 2. The van der Waals surface area contributed by atoms with E-state index in [0.717, 1.165) is 5.56 Å². The highest BCUT2D eigenvalue weighted by Crippen LogP contribution is 2.24. The molecule has 1 unspecified atom stereocenters. The van der Waals surface area contributed by atoms with Gasteiger partial charge in [0.2, 0.25) is 5.91 Å². The molecule has 0 spiro atoms. The van der Waals surface area contributed by atoms with Crippen molar-refractivity contribution in [3.63, 3.8) is 0 Å². The number of carbonyl (C=O) groups excluding carboxylic acids is 2.